The zero-order valence-corrected chi connectivity index (χ0v) is 22.0. The Kier molecular flexibility index (Phi) is 8.00. The molecule has 0 unspecified atom stereocenters. The van der Waals surface area contributed by atoms with Gasteiger partial charge >= 0.3 is 0 Å². The van der Waals surface area contributed by atoms with Crippen molar-refractivity contribution in [3.05, 3.63) is 82.3 Å². The molecule has 1 heterocycles. The normalized spacial score (nSPS) is 15.6. The molecule has 3 aromatic carbocycles. The van der Waals surface area contributed by atoms with Crippen LogP contribution in [0.15, 0.2) is 70.6 Å². The molecule has 3 aromatic rings. The molecular weight excluding hydrogens is 472 g/mol. The number of ether oxygens (including phenoxy) is 3. The molecule has 0 bridgehead atoms. The summed E-state index contributed by atoms with van der Waals surface area (Å²) in [6, 6.07) is 19.8. The fraction of sp³-hybridized carbons (Fsp3) is 0.241. The van der Waals surface area contributed by atoms with Crippen molar-refractivity contribution in [2.75, 3.05) is 26.2 Å². The van der Waals surface area contributed by atoms with E-state index < -0.39 is 0 Å². The van der Waals surface area contributed by atoms with Crippen molar-refractivity contribution in [1.82, 2.24) is 0 Å². The summed E-state index contributed by atoms with van der Waals surface area (Å²) in [6.45, 7) is 4.23. The number of hydrogen-bond donors (Lipinski definition) is 0. The van der Waals surface area contributed by atoms with Gasteiger partial charge in [-0.1, -0.05) is 38.1 Å². The lowest BCUT2D eigenvalue weighted by atomic mass is 10.1. The van der Waals surface area contributed by atoms with E-state index in [0.29, 0.717) is 27.3 Å². The van der Waals surface area contributed by atoms with Gasteiger partial charge in [0, 0.05) is 0 Å². The molecule has 1 saturated heterocycles. The molecule has 0 aliphatic carbocycles. The van der Waals surface area contributed by atoms with Gasteiger partial charge in [0.2, 0.25) is 5.75 Å². The second-order valence-corrected chi connectivity index (χ2v) is 9.15. The van der Waals surface area contributed by atoms with Gasteiger partial charge in [-0.05, 0) is 83.8 Å². The van der Waals surface area contributed by atoms with Crippen LogP contribution in [0.1, 0.15) is 30.5 Å². The summed E-state index contributed by atoms with van der Waals surface area (Å²) in [5.74, 6) is 1.41. The van der Waals surface area contributed by atoms with Crippen molar-refractivity contribution in [2.24, 2.45) is 4.99 Å². The third-order valence-corrected chi connectivity index (χ3v) is 6.93. The number of anilines is 1. The van der Waals surface area contributed by atoms with Crippen LogP contribution in [0, 0.1) is 0 Å². The van der Waals surface area contributed by atoms with Crippen molar-refractivity contribution in [2.45, 2.75) is 26.7 Å². The summed E-state index contributed by atoms with van der Waals surface area (Å²) < 4.78 is 16.4. The Morgan fingerprint density at radius 2 is 1.39 bits per heavy atom. The van der Waals surface area contributed by atoms with E-state index in [1.54, 1.807) is 26.2 Å². The quantitative estimate of drug-likeness (QED) is 0.323. The Hall–Kier alpha value is -3.71. The van der Waals surface area contributed by atoms with Gasteiger partial charge in [-0.2, -0.15) is 0 Å². The molecule has 6 nitrogen and oxygen atoms in total. The SMILES string of the molecule is CCc1ccc(N=C2S/C(=C\c3cc(OC)c(OC)c(OC)c3)C(=O)N2c2ccc(CC)cc2)cc1. The van der Waals surface area contributed by atoms with Crippen LogP contribution >= 0.6 is 11.8 Å². The van der Waals surface area contributed by atoms with E-state index in [9.17, 15) is 4.79 Å². The monoisotopic (exact) mass is 502 g/mol. The van der Waals surface area contributed by atoms with E-state index in [2.05, 4.69) is 26.0 Å². The van der Waals surface area contributed by atoms with E-state index in [0.717, 1.165) is 29.8 Å². The fourth-order valence-corrected chi connectivity index (χ4v) is 4.91. The average Bonchev–Trinajstić information content (AvgIpc) is 3.22. The van der Waals surface area contributed by atoms with Crippen molar-refractivity contribution in [3.8, 4) is 17.2 Å². The predicted molar refractivity (Wildman–Crippen MR) is 148 cm³/mol. The minimum atomic E-state index is -0.137. The molecule has 1 aliphatic rings. The maximum Gasteiger partial charge on any atom is 0.271 e. The number of aryl methyl sites for hydroxylation is 2. The first kappa shape index (κ1) is 25.4. The molecule has 0 spiro atoms. The maximum absolute atomic E-state index is 13.7. The highest BCUT2D eigenvalue weighted by molar-refractivity contribution is 8.19. The highest BCUT2D eigenvalue weighted by Crippen LogP contribution is 2.41. The van der Waals surface area contributed by atoms with Gasteiger partial charge in [0.1, 0.15) is 0 Å². The Balaban J connectivity index is 1.78. The van der Waals surface area contributed by atoms with Gasteiger partial charge in [-0.15, -0.1) is 0 Å². The number of benzene rings is 3. The predicted octanol–water partition coefficient (Wildman–Crippen LogP) is 6.65. The summed E-state index contributed by atoms with van der Waals surface area (Å²) in [6.07, 6.45) is 3.72. The topological polar surface area (TPSA) is 60.4 Å². The molecule has 4 rings (SSSR count). The summed E-state index contributed by atoms with van der Waals surface area (Å²) in [7, 11) is 4.70. The Morgan fingerprint density at radius 1 is 0.833 bits per heavy atom. The zero-order chi connectivity index (χ0) is 25.7. The van der Waals surface area contributed by atoms with Gasteiger partial charge in [-0.25, -0.2) is 4.99 Å². The van der Waals surface area contributed by atoms with Crippen molar-refractivity contribution < 1.29 is 19.0 Å². The standard InChI is InChI=1S/C29H30N2O4S/c1-6-19-8-12-22(13-9-19)30-29-31(23-14-10-20(7-2)11-15-23)28(32)26(36-29)18-21-16-24(33-3)27(35-5)25(17-21)34-4/h8-18H,6-7H2,1-5H3/b26-18-,30-29?. The number of thioether (sulfide) groups is 1. The molecule has 0 N–H and O–H groups in total. The number of amides is 1. The summed E-state index contributed by atoms with van der Waals surface area (Å²) in [4.78, 5) is 20.7. The van der Waals surface area contributed by atoms with Gasteiger partial charge in [0.15, 0.2) is 16.7 Å². The van der Waals surface area contributed by atoms with E-state index in [1.165, 1.54) is 22.9 Å². The lowest BCUT2D eigenvalue weighted by Crippen LogP contribution is -2.28. The molecule has 36 heavy (non-hydrogen) atoms. The van der Waals surface area contributed by atoms with Crippen LogP contribution in [0.25, 0.3) is 6.08 Å². The van der Waals surface area contributed by atoms with Gasteiger partial charge in [0.05, 0.1) is 37.6 Å². The van der Waals surface area contributed by atoms with Crippen LogP contribution in [-0.4, -0.2) is 32.4 Å². The molecule has 186 valence electrons. The number of methoxy groups -OCH3 is 3. The van der Waals surface area contributed by atoms with Gasteiger partial charge < -0.3 is 14.2 Å². The molecule has 0 radical (unpaired) electrons. The Morgan fingerprint density at radius 3 is 1.89 bits per heavy atom. The second-order valence-electron chi connectivity index (χ2n) is 8.14. The van der Waals surface area contributed by atoms with Crippen LogP contribution in [0.4, 0.5) is 11.4 Å². The van der Waals surface area contributed by atoms with Crippen molar-refractivity contribution in [3.63, 3.8) is 0 Å². The highest BCUT2D eigenvalue weighted by atomic mass is 32.2. The smallest absolute Gasteiger partial charge is 0.271 e. The summed E-state index contributed by atoms with van der Waals surface area (Å²) >= 11 is 1.34. The number of carbonyl (C=O) groups is 1. The number of amidine groups is 1. The Labute approximate surface area is 216 Å². The first-order valence-corrected chi connectivity index (χ1v) is 12.6. The van der Waals surface area contributed by atoms with Gasteiger partial charge in [0.25, 0.3) is 5.91 Å². The maximum atomic E-state index is 13.7. The molecule has 0 atom stereocenters. The first-order chi connectivity index (χ1) is 17.5. The molecule has 0 saturated carbocycles. The van der Waals surface area contributed by atoms with Gasteiger partial charge in [-0.3, -0.25) is 9.69 Å². The number of aliphatic imine (C=N–C) groups is 1. The summed E-state index contributed by atoms with van der Waals surface area (Å²) in [5, 5.41) is 0.604. The average molecular weight is 503 g/mol. The van der Waals surface area contributed by atoms with Crippen LogP contribution in [0.2, 0.25) is 0 Å². The molecule has 1 amide bonds. The second kappa shape index (κ2) is 11.4. The number of nitrogens with zero attached hydrogens (tertiary/aromatic N) is 2. The zero-order valence-electron chi connectivity index (χ0n) is 21.2. The molecule has 1 fully saturated rings. The number of carbonyl (C=O) groups excluding carboxylic acids is 1. The van der Waals surface area contributed by atoms with E-state index >= 15 is 0 Å². The van der Waals surface area contributed by atoms with E-state index in [4.69, 9.17) is 19.2 Å². The van der Waals surface area contributed by atoms with Crippen molar-refractivity contribution >= 4 is 40.3 Å². The number of hydrogen-bond acceptors (Lipinski definition) is 6. The molecule has 0 aromatic heterocycles. The minimum absolute atomic E-state index is 0.137. The third-order valence-electron chi connectivity index (χ3n) is 5.96. The Bertz CT molecular complexity index is 1270. The molecule has 1 aliphatic heterocycles. The van der Waals surface area contributed by atoms with Crippen LogP contribution in [0.3, 0.4) is 0 Å². The van der Waals surface area contributed by atoms with Crippen molar-refractivity contribution in [1.29, 1.82) is 0 Å². The fourth-order valence-electron chi connectivity index (χ4n) is 3.91. The summed E-state index contributed by atoms with van der Waals surface area (Å²) in [5.41, 5.74) is 4.78. The first-order valence-electron chi connectivity index (χ1n) is 11.8. The third kappa shape index (κ3) is 5.26. The lowest BCUT2D eigenvalue weighted by molar-refractivity contribution is -0.113. The lowest BCUT2D eigenvalue weighted by Gasteiger charge is -2.16. The van der Waals surface area contributed by atoms with E-state index in [1.807, 2.05) is 54.6 Å². The van der Waals surface area contributed by atoms with Crippen LogP contribution < -0.4 is 19.1 Å². The molecular formula is C29H30N2O4S. The molecule has 7 heteroatoms. The van der Waals surface area contributed by atoms with Crippen LogP contribution in [0.5, 0.6) is 17.2 Å². The van der Waals surface area contributed by atoms with E-state index in [-0.39, 0.29) is 5.91 Å². The highest BCUT2D eigenvalue weighted by Gasteiger charge is 2.35. The van der Waals surface area contributed by atoms with Crippen LogP contribution in [-0.2, 0) is 17.6 Å². The largest absolute Gasteiger partial charge is 0.493 e. The number of rotatable bonds is 8. The minimum Gasteiger partial charge on any atom is -0.493 e.